The number of benzene rings is 5. The number of non-ortho nitro benzene ring substituents is 1. The summed E-state index contributed by atoms with van der Waals surface area (Å²) in [7, 11) is 0. The Balaban J connectivity index is 0.945. The number of carbonyl (C=O) groups excluding carboxylic acids is 2. The van der Waals surface area contributed by atoms with Crippen LogP contribution in [0.1, 0.15) is 44.2 Å². The van der Waals surface area contributed by atoms with Gasteiger partial charge in [0.1, 0.15) is 12.3 Å². The second-order valence-corrected chi connectivity index (χ2v) is 12.0. The molecular formula is C39H31N5O7. The largest absolute Gasteiger partial charge is 0.478 e. The number of carboxylic acids is 1. The number of nitro groups is 1. The van der Waals surface area contributed by atoms with E-state index >= 15 is 0 Å². The van der Waals surface area contributed by atoms with Crippen LogP contribution in [0.3, 0.4) is 0 Å². The molecule has 12 heteroatoms. The Morgan fingerprint density at radius 2 is 1.43 bits per heavy atom. The normalized spacial score (nSPS) is 11.8. The molecule has 0 spiro atoms. The summed E-state index contributed by atoms with van der Waals surface area (Å²) in [6.07, 6.45) is -0.0275. The Morgan fingerprint density at radius 1 is 0.804 bits per heavy atom. The van der Waals surface area contributed by atoms with E-state index in [0.717, 1.165) is 22.3 Å². The number of ether oxygens (including phenoxy) is 1. The smallest absolute Gasteiger partial charge is 0.407 e. The van der Waals surface area contributed by atoms with E-state index in [4.69, 9.17) is 9.84 Å². The van der Waals surface area contributed by atoms with E-state index < -0.39 is 17.0 Å². The summed E-state index contributed by atoms with van der Waals surface area (Å²) >= 11 is 0. The van der Waals surface area contributed by atoms with Crippen molar-refractivity contribution in [2.24, 2.45) is 0 Å². The molecule has 12 nitrogen and oxygen atoms in total. The maximum Gasteiger partial charge on any atom is 0.407 e. The van der Waals surface area contributed by atoms with Crippen molar-refractivity contribution in [3.63, 3.8) is 0 Å². The number of nitrogens with one attached hydrogen (secondary N) is 2. The summed E-state index contributed by atoms with van der Waals surface area (Å²) in [5.41, 5.74) is 7.27. The number of rotatable bonds is 11. The number of hydrogen-bond donors (Lipinski definition) is 3. The minimum atomic E-state index is -1.06. The first kappa shape index (κ1) is 32.7. The Bertz CT molecular complexity index is 2250. The lowest BCUT2D eigenvalue weighted by atomic mass is 9.98. The zero-order valence-corrected chi connectivity index (χ0v) is 27.1. The molecule has 0 fully saturated rings. The minimum Gasteiger partial charge on any atom is -0.478 e. The highest BCUT2D eigenvalue weighted by molar-refractivity contribution is 5.98. The van der Waals surface area contributed by atoms with E-state index in [2.05, 4.69) is 34.9 Å². The average Bonchev–Trinajstić information content (AvgIpc) is 3.69. The van der Waals surface area contributed by atoms with Crippen molar-refractivity contribution in [3.05, 3.63) is 148 Å². The van der Waals surface area contributed by atoms with Crippen LogP contribution in [0.15, 0.2) is 115 Å². The van der Waals surface area contributed by atoms with Crippen molar-refractivity contribution < 1.29 is 29.2 Å². The van der Waals surface area contributed by atoms with Gasteiger partial charge in [0.15, 0.2) is 0 Å². The molecule has 51 heavy (non-hydrogen) atoms. The number of carbonyl (C=O) groups is 3. The number of carboxylic acid groups (broad SMARTS) is 1. The van der Waals surface area contributed by atoms with Crippen molar-refractivity contribution >= 4 is 34.6 Å². The van der Waals surface area contributed by atoms with Gasteiger partial charge >= 0.3 is 12.1 Å². The lowest BCUT2D eigenvalue weighted by Gasteiger charge is -2.14. The van der Waals surface area contributed by atoms with Gasteiger partial charge in [-0.15, -0.1) is 0 Å². The lowest BCUT2D eigenvalue weighted by Crippen LogP contribution is -2.30. The summed E-state index contributed by atoms with van der Waals surface area (Å²) < 4.78 is 7.16. The molecular weight excluding hydrogens is 650 g/mol. The first-order chi connectivity index (χ1) is 24.8. The Hall–Kier alpha value is -6.82. The highest BCUT2D eigenvalue weighted by Gasteiger charge is 2.29. The minimum absolute atomic E-state index is 0.0281. The SMILES string of the molecule is O=C(NCCCNC(=O)c1ccc(-c2nn(-c3ccc(C(=O)O)cc3)c3ccc([N+](=O)[O-])cc23)cc1)OCC1c2ccccc2-c2ccccc21. The highest BCUT2D eigenvalue weighted by Crippen LogP contribution is 2.44. The number of alkyl carbamates (subject to hydrolysis) is 1. The molecule has 1 aliphatic carbocycles. The maximum atomic E-state index is 12.9. The van der Waals surface area contributed by atoms with Gasteiger partial charge < -0.3 is 20.5 Å². The number of aromatic nitrogens is 2. The summed E-state index contributed by atoms with van der Waals surface area (Å²) in [5.74, 6) is -1.38. The van der Waals surface area contributed by atoms with Gasteiger partial charge in [0.05, 0.1) is 21.7 Å². The van der Waals surface area contributed by atoms with Crippen LogP contribution in [0.5, 0.6) is 0 Å². The second kappa shape index (κ2) is 14.0. The van der Waals surface area contributed by atoms with E-state index in [1.54, 1.807) is 47.1 Å². The van der Waals surface area contributed by atoms with Crippen molar-refractivity contribution in [1.29, 1.82) is 0 Å². The Labute approximate surface area is 291 Å². The zero-order chi connectivity index (χ0) is 35.5. The fraction of sp³-hybridized carbons (Fsp3) is 0.128. The summed E-state index contributed by atoms with van der Waals surface area (Å²) in [4.78, 5) is 47.7. The van der Waals surface area contributed by atoms with Gasteiger partial charge in [0.2, 0.25) is 0 Å². The zero-order valence-electron chi connectivity index (χ0n) is 27.1. The first-order valence-corrected chi connectivity index (χ1v) is 16.3. The molecule has 0 radical (unpaired) electrons. The van der Waals surface area contributed by atoms with Crippen molar-refractivity contribution in [2.45, 2.75) is 12.3 Å². The number of amides is 2. The van der Waals surface area contributed by atoms with E-state index in [9.17, 15) is 29.6 Å². The number of aromatic carboxylic acids is 1. The molecule has 0 bridgehead atoms. The molecule has 2 amide bonds. The van der Waals surface area contributed by atoms with Gasteiger partial charge in [0, 0.05) is 47.7 Å². The van der Waals surface area contributed by atoms with Gasteiger partial charge in [-0.3, -0.25) is 14.9 Å². The predicted molar refractivity (Wildman–Crippen MR) is 190 cm³/mol. The molecule has 0 saturated carbocycles. The molecule has 6 aromatic rings. The van der Waals surface area contributed by atoms with E-state index in [-0.39, 0.29) is 29.7 Å². The van der Waals surface area contributed by atoms with Gasteiger partial charge in [-0.1, -0.05) is 60.7 Å². The number of nitrogens with zero attached hydrogens (tertiary/aromatic N) is 3. The van der Waals surface area contributed by atoms with Crippen LogP contribution in [0.25, 0.3) is 39.0 Å². The number of hydrogen-bond acceptors (Lipinski definition) is 7. The summed E-state index contributed by atoms with van der Waals surface area (Å²) in [6, 6.07) is 33.6. The monoisotopic (exact) mass is 681 g/mol. The quantitative estimate of drug-likeness (QED) is 0.0750. The Kier molecular flexibility index (Phi) is 8.96. The topological polar surface area (TPSA) is 166 Å². The predicted octanol–water partition coefficient (Wildman–Crippen LogP) is 6.96. The molecule has 254 valence electrons. The first-order valence-electron chi connectivity index (χ1n) is 16.3. The van der Waals surface area contributed by atoms with Gasteiger partial charge in [-0.05, 0) is 71.1 Å². The number of fused-ring (bicyclic) bond motifs is 4. The fourth-order valence-corrected chi connectivity index (χ4v) is 6.39. The molecule has 0 unspecified atom stereocenters. The molecule has 1 heterocycles. The highest BCUT2D eigenvalue weighted by atomic mass is 16.6. The van der Waals surface area contributed by atoms with Crippen LogP contribution >= 0.6 is 0 Å². The molecule has 0 atom stereocenters. The van der Waals surface area contributed by atoms with Crippen LogP contribution in [-0.4, -0.2) is 57.5 Å². The summed E-state index contributed by atoms with van der Waals surface area (Å²) in [6.45, 7) is 0.861. The Morgan fingerprint density at radius 3 is 2.08 bits per heavy atom. The van der Waals surface area contributed by atoms with Gasteiger partial charge in [-0.25, -0.2) is 14.3 Å². The molecule has 5 aromatic carbocycles. The van der Waals surface area contributed by atoms with Crippen LogP contribution in [0.4, 0.5) is 10.5 Å². The van der Waals surface area contributed by atoms with E-state index in [1.807, 2.05) is 24.3 Å². The van der Waals surface area contributed by atoms with Crippen molar-refractivity contribution in [2.75, 3.05) is 19.7 Å². The lowest BCUT2D eigenvalue weighted by molar-refractivity contribution is -0.384. The third-order valence-corrected chi connectivity index (χ3v) is 8.91. The van der Waals surface area contributed by atoms with Gasteiger partial charge in [0.25, 0.3) is 11.6 Å². The van der Waals surface area contributed by atoms with Crippen LogP contribution in [0.2, 0.25) is 0 Å². The third-order valence-electron chi connectivity index (χ3n) is 8.91. The molecule has 1 aromatic heterocycles. The van der Waals surface area contributed by atoms with Crippen molar-refractivity contribution in [3.8, 4) is 28.1 Å². The number of nitro benzene ring substituents is 1. The average molecular weight is 682 g/mol. The third kappa shape index (κ3) is 6.62. The molecule has 7 rings (SSSR count). The second-order valence-electron chi connectivity index (χ2n) is 12.0. The van der Waals surface area contributed by atoms with Crippen LogP contribution in [0, 0.1) is 10.1 Å². The standard InChI is InChI=1S/C39H31N5O7/c45-37(40-20-5-21-41-39(48)51-23-34-31-8-3-1-6-29(31)30-7-2-4-9-32(30)34)25-12-10-24(11-13-25)36-33-22-28(44(49)50)18-19-35(33)43(42-36)27-16-14-26(15-17-27)38(46)47/h1-4,6-19,22,34H,5,20-21,23H2,(H,40,45)(H,41,48)(H,46,47). The van der Waals surface area contributed by atoms with E-state index in [0.29, 0.717) is 52.9 Å². The van der Waals surface area contributed by atoms with E-state index in [1.165, 1.54) is 24.3 Å². The molecule has 0 saturated heterocycles. The maximum absolute atomic E-state index is 12.9. The molecule has 0 aliphatic heterocycles. The summed E-state index contributed by atoms with van der Waals surface area (Å²) in [5, 5.41) is 31.7. The van der Waals surface area contributed by atoms with Crippen LogP contribution in [-0.2, 0) is 4.74 Å². The molecule has 3 N–H and O–H groups in total. The van der Waals surface area contributed by atoms with Gasteiger partial charge in [-0.2, -0.15) is 5.10 Å². The molecule has 1 aliphatic rings. The van der Waals surface area contributed by atoms with Crippen LogP contribution < -0.4 is 10.6 Å². The van der Waals surface area contributed by atoms with Crippen molar-refractivity contribution in [1.82, 2.24) is 20.4 Å². The fourth-order valence-electron chi connectivity index (χ4n) is 6.39.